The molecule has 0 N–H and O–H groups in total. The summed E-state index contributed by atoms with van der Waals surface area (Å²) in [5.41, 5.74) is 11.4. The maximum Gasteiger partial charge on any atom is 2.00 e. The molecule has 7 nitrogen and oxygen atoms in total. The molecule has 3 aromatic rings. The van der Waals surface area contributed by atoms with Crippen molar-refractivity contribution in [2.75, 3.05) is 6.61 Å². The van der Waals surface area contributed by atoms with E-state index < -0.39 is 0 Å². The third-order valence-corrected chi connectivity index (χ3v) is 9.61. The van der Waals surface area contributed by atoms with Crippen LogP contribution in [0.4, 0.5) is 0 Å². The first-order chi connectivity index (χ1) is 21.1. The van der Waals surface area contributed by atoms with Crippen LogP contribution in [0.2, 0.25) is 0 Å². The molecule has 1 saturated heterocycles. The molecule has 228 valence electrons. The first-order valence-electron chi connectivity index (χ1n) is 15.4. The Kier molecular flexibility index (Phi) is 9.11. The first kappa shape index (κ1) is 32.6. The molecule has 1 fully saturated rings. The number of nitrogens with zero attached hydrogens (tertiary/aromatic N) is 4. The van der Waals surface area contributed by atoms with Crippen molar-refractivity contribution in [1.82, 2.24) is 15.0 Å². The van der Waals surface area contributed by atoms with E-state index in [1.54, 1.807) is 6.08 Å². The Hall–Kier alpha value is -3.75. The van der Waals surface area contributed by atoms with Crippen molar-refractivity contribution in [3.63, 3.8) is 0 Å². The summed E-state index contributed by atoms with van der Waals surface area (Å²) in [7, 11) is 0. The van der Waals surface area contributed by atoms with Crippen molar-refractivity contribution in [2.24, 2.45) is 17.8 Å². The number of carbonyl (C=O) groups excluding carboxylic acids is 2. The Bertz CT molecular complexity index is 1930. The number of allylic oxidation sites excluding steroid dienone is 3. The standard InChI is InChI=1S/C37H39N4O3.Mg/c1-9-14-44-32(42)13-12-25-20(6)28-15-26-18(4)23(10-2)30(38-26)16-27-19(5)24(11-3)31(39-27)17-29-21(7)34-36(41-29)33(35(25)40-28)22(8)37(34)43;/h9-10,15-17,20,22,25H,1-2,11-14H2,3-8H3,(H-,40,41,43);/q-3;+2/p-1/b27-16-,28-15-,31-17-;/t20-,22+,25-;/m0./s1. The Morgan fingerprint density at radius 1 is 0.956 bits per heavy atom. The summed E-state index contributed by atoms with van der Waals surface area (Å²) in [5.74, 6) is -0.715. The van der Waals surface area contributed by atoms with Gasteiger partial charge in [-0.3, -0.25) is 9.59 Å². The van der Waals surface area contributed by atoms with E-state index in [0.717, 1.165) is 79.0 Å². The number of hydrogen-bond donors (Lipinski definition) is 0. The van der Waals surface area contributed by atoms with E-state index in [1.165, 1.54) is 0 Å². The maximum absolute atomic E-state index is 13.8. The molecule has 3 aromatic heterocycles. The molecule has 8 bridgehead atoms. The predicted molar refractivity (Wildman–Crippen MR) is 180 cm³/mol. The van der Waals surface area contributed by atoms with Crippen molar-refractivity contribution in [1.29, 1.82) is 0 Å². The normalized spacial score (nSPS) is 24.0. The fourth-order valence-corrected chi connectivity index (χ4v) is 7.02. The molecule has 0 saturated carbocycles. The van der Waals surface area contributed by atoms with Crippen LogP contribution in [0.15, 0.2) is 30.6 Å². The molecule has 8 heteroatoms. The van der Waals surface area contributed by atoms with E-state index in [0.29, 0.717) is 17.7 Å². The largest absolute Gasteiger partial charge is 2.00 e. The van der Waals surface area contributed by atoms with Crippen molar-refractivity contribution >= 4 is 64.7 Å². The molecule has 0 amide bonds. The van der Waals surface area contributed by atoms with Crippen molar-refractivity contribution in [3.05, 3.63) is 103 Å². The first-order valence-corrected chi connectivity index (χ1v) is 15.4. The fourth-order valence-electron chi connectivity index (χ4n) is 7.02. The number of aromatic nitrogens is 3. The van der Waals surface area contributed by atoms with E-state index in [2.05, 4.69) is 40.9 Å². The summed E-state index contributed by atoms with van der Waals surface area (Å²) < 4.78 is 5.29. The zero-order chi connectivity index (χ0) is 31.4. The summed E-state index contributed by atoms with van der Waals surface area (Å²) in [5, 5.41) is 6.95. The topological polar surface area (TPSA) is 99.8 Å². The number of ether oxygens (including phenoxy) is 1. The number of hydrogen-bond acceptors (Lipinski definition) is 3. The molecular formula is C37H38MgN4O3-2. The smallest absolute Gasteiger partial charge is 0.664 e. The van der Waals surface area contributed by atoms with Gasteiger partial charge in [0.25, 0.3) is 0 Å². The van der Waals surface area contributed by atoms with Gasteiger partial charge in [-0.25, -0.2) is 0 Å². The number of rotatable bonds is 7. The van der Waals surface area contributed by atoms with Crippen molar-refractivity contribution in [2.45, 2.75) is 60.8 Å². The molecule has 0 radical (unpaired) electrons. The quantitative estimate of drug-likeness (QED) is 0.212. The molecular weight excluding hydrogens is 573 g/mol. The average molecular weight is 611 g/mol. The van der Waals surface area contributed by atoms with Crippen LogP contribution in [0.25, 0.3) is 35.2 Å². The third-order valence-electron chi connectivity index (χ3n) is 9.61. The third kappa shape index (κ3) is 5.31. The second-order valence-corrected chi connectivity index (χ2v) is 12.1. The van der Waals surface area contributed by atoms with Crippen molar-refractivity contribution in [3.8, 4) is 0 Å². The molecule has 0 unspecified atom stereocenters. The van der Waals surface area contributed by atoms with Crippen LogP contribution >= 0.6 is 0 Å². The van der Waals surface area contributed by atoms with Gasteiger partial charge in [-0.15, -0.1) is 33.5 Å². The number of Topliss-reactive ketones (excluding diaryl/α,β-unsaturated/α-hetero) is 1. The van der Waals surface area contributed by atoms with Crippen LogP contribution in [-0.2, 0) is 16.0 Å². The summed E-state index contributed by atoms with van der Waals surface area (Å²) in [4.78, 5) is 41.5. The van der Waals surface area contributed by atoms with Gasteiger partial charge < -0.3 is 25.0 Å². The van der Waals surface area contributed by atoms with E-state index in [9.17, 15) is 9.59 Å². The summed E-state index contributed by atoms with van der Waals surface area (Å²) >= 11 is 0. The number of esters is 1. The molecule has 1 aliphatic carbocycles. The van der Waals surface area contributed by atoms with Gasteiger partial charge in [-0.1, -0.05) is 92.1 Å². The SMILES string of the molecule is C=CCOC(=O)CC[C@@H]1/C2=C3/c4[n-]c(c(C)c4C(=O)[C@@H]3C)/C=c3\[n-]/c(c(C)c3CC)=C\c3[n-]c(c(C)c3C=C)/C=C(\[N-]2)[C@H]1C.[Mg+2]. The molecule has 2 aliphatic heterocycles. The Balaban J connectivity index is 0.00000400. The van der Waals surface area contributed by atoms with E-state index in [1.807, 2.05) is 38.2 Å². The van der Waals surface area contributed by atoms with E-state index >= 15 is 0 Å². The molecule has 6 rings (SSSR count). The van der Waals surface area contributed by atoms with Gasteiger partial charge in [0.05, 0.1) is 0 Å². The van der Waals surface area contributed by atoms with Gasteiger partial charge in [-0.2, -0.15) is 11.4 Å². The molecule has 45 heavy (non-hydrogen) atoms. The van der Waals surface area contributed by atoms with Gasteiger partial charge in [0.2, 0.25) is 0 Å². The second kappa shape index (κ2) is 12.6. The minimum atomic E-state index is -0.385. The number of fused-ring (bicyclic) bond motifs is 7. The van der Waals surface area contributed by atoms with Gasteiger partial charge in [-0.05, 0) is 51.0 Å². The second-order valence-electron chi connectivity index (χ2n) is 12.1. The van der Waals surface area contributed by atoms with Gasteiger partial charge in [0.15, 0.2) is 5.78 Å². The van der Waals surface area contributed by atoms with Crippen LogP contribution in [-0.4, -0.2) is 41.4 Å². The van der Waals surface area contributed by atoms with E-state index in [-0.39, 0.29) is 65.6 Å². The van der Waals surface area contributed by atoms with Crippen LogP contribution in [0, 0.1) is 38.5 Å². The zero-order valence-corrected chi connectivity index (χ0v) is 28.5. The molecule has 3 aliphatic rings. The van der Waals surface area contributed by atoms with Gasteiger partial charge in [0, 0.05) is 17.9 Å². The number of carbonyl (C=O) groups is 2. The van der Waals surface area contributed by atoms with Crippen LogP contribution < -0.4 is 25.7 Å². The number of ketones is 1. The molecule has 0 aromatic carbocycles. The van der Waals surface area contributed by atoms with Gasteiger partial charge >= 0.3 is 29.0 Å². The Labute approximate surface area is 280 Å². The molecule has 5 heterocycles. The summed E-state index contributed by atoms with van der Waals surface area (Å²) in [6, 6.07) is 0. The van der Waals surface area contributed by atoms with Crippen LogP contribution in [0.3, 0.4) is 0 Å². The minimum absolute atomic E-state index is 0. The fraction of sp³-hybridized carbons (Fsp3) is 0.351. The molecule has 0 spiro atoms. The van der Waals surface area contributed by atoms with E-state index in [4.69, 9.17) is 25.0 Å². The average Bonchev–Trinajstić information content (AvgIpc) is 3.72. The molecule has 3 atom stereocenters. The summed E-state index contributed by atoms with van der Waals surface area (Å²) in [6.07, 6.45) is 11.1. The monoisotopic (exact) mass is 610 g/mol. The Morgan fingerprint density at radius 2 is 1.67 bits per heavy atom. The Morgan fingerprint density at radius 3 is 2.36 bits per heavy atom. The van der Waals surface area contributed by atoms with Gasteiger partial charge in [0.1, 0.15) is 6.61 Å². The van der Waals surface area contributed by atoms with Crippen LogP contribution in [0.1, 0.15) is 94.6 Å². The van der Waals surface area contributed by atoms with Crippen molar-refractivity contribution < 1.29 is 14.3 Å². The predicted octanol–water partition coefficient (Wildman–Crippen LogP) is 5.01. The zero-order valence-electron chi connectivity index (χ0n) is 27.1. The minimum Gasteiger partial charge on any atom is -0.664 e. The van der Waals surface area contributed by atoms with Crippen LogP contribution in [0.5, 0.6) is 0 Å². The summed E-state index contributed by atoms with van der Waals surface area (Å²) in [6.45, 7) is 20.2. The maximum atomic E-state index is 13.8.